The van der Waals surface area contributed by atoms with E-state index in [2.05, 4.69) is 6.07 Å². The van der Waals surface area contributed by atoms with E-state index >= 15 is 0 Å². The normalized spacial score (nSPS) is 16.8. The number of aryl methyl sites for hydroxylation is 1. The van der Waals surface area contributed by atoms with Gasteiger partial charge in [-0.2, -0.15) is 0 Å². The van der Waals surface area contributed by atoms with Crippen LogP contribution < -0.4 is 10.5 Å². The van der Waals surface area contributed by atoms with Gasteiger partial charge in [0, 0.05) is 11.6 Å². The maximum Gasteiger partial charge on any atom is 0.142 e. The van der Waals surface area contributed by atoms with Gasteiger partial charge in [-0.1, -0.05) is 17.7 Å². The van der Waals surface area contributed by atoms with Crippen LogP contribution in [-0.2, 0) is 12.8 Å². The fourth-order valence-corrected chi connectivity index (χ4v) is 2.80. The van der Waals surface area contributed by atoms with E-state index in [4.69, 9.17) is 22.1 Å². The highest BCUT2D eigenvalue weighted by Crippen LogP contribution is 2.39. The first-order valence-corrected chi connectivity index (χ1v) is 6.16. The molecule has 0 amide bonds. The molecule has 0 radical (unpaired) electrons. The van der Waals surface area contributed by atoms with Gasteiger partial charge in [-0.25, -0.2) is 0 Å². The number of halogens is 1. The molecule has 88 valence electrons. The monoisotopic (exact) mass is 239 g/mol. The first kappa shape index (κ1) is 11.7. The van der Waals surface area contributed by atoms with Gasteiger partial charge in [-0.3, -0.25) is 0 Å². The summed E-state index contributed by atoms with van der Waals surface area (Å²) in [6.45, 7) is 1.96. The molecule has 2 rings (SSSR count). The lowest BCUT2D eigenvalue weighted by Gasteiger charge is -2.22. The second kappa shape index (κ2) is 4.64. The highest BCUT2D eigenvalue weighted by atomic mass is 35.5. The van der Waals surface area contributed by atoms with Crippen LogP contribution in [0.3, 0.4) is 0 Å². The molecule has 0 bridgehead atoms. The summed E-state index contributed by atoms with van der Waals surface area (Å²) in [5.41, 5.74) is 9.58. The van der Waals surface area contributed by atoms with Crippen molar-refractivity contribution in [2.45, 2.75) is 38.6 Å². The second-order valence-electron chi connectivity index (χ2n) is 4.45. The molecule has 0 aliphatic heterocycles. The Kier molecular flexibility index (Phi) is 3.41. The van der Waals surface area contributed by atoms with Crippen LogP contribution in [0.5, 0.6) is 5.75 Å². The van der Waals surface area contributed by atoms with E-state index in [1.807, 2.05) is 6.92 Å². The summed E-state index contributed by atoms with van der Waals surface area (Å²) in [6.07, 6.45) is 4.63. The zero-order chi connectivity index (χ0) is 11.7. The molecule has 1 unspecified atom stereocenters. The van der Waals surface area contributed by atoms with Gasteiger partial charge >= 0.3 is 0 Å². The third-order valence-electron chi connectivity index (χ3n) is 3.26. The fourth-order valence-electron chi connectivity index (χ4n) is 2.40. The van der Waals surface area contributed by atoms with E-state index in [0.29, 0.717) is 0 Å². The van der Waals surface area contributed by atoms with E-state index in [0.717, 1.165) is 29.2 Å². The summed E-state index contributed by atoms with van der Waals surface area (Å²) in [6, 6.07) is 2.13. The predicted molar refractivity (Wildman–Crippen MR) is 67.2 cm³/mol. The molecule has 1 aliphatic carbocycles. The van der Waals surface area contributed by atoms with Gasteiger partial charge in [0.05, 0.1) is 12.1 Å². The zero-order valence-corrected chi connectivity index (χ0v) is 10.6. The van der Waals surface area contributed by atoms with Crippen LogP contribution in [0.15, 0.2) is 6.07 Å². The minimum Gasteiger partial charge on any atom is -0.495 e. The number of fused-ring (bicyclic) bond motifs is 1. The molecule has 1 aromatic rings. The van der Waals surface area contributed by atoms with Gasteiger partial charge in [0.15, 0.2) is 0 Å². The van der Waals surface area contributed by atoms with Crippen LogP contribution in [0.25, 0.3) is 0 Å². The Morgan fingerprint density at radius 2 is 2.06 bits per heavy atom. The SMILES string of the molecule is COc1c(C(C)N)cc2c(c1Cl)CCCC2. The number of benzene rings is 1. The predicted octanol–water partition coefficient (Wildman–Crippen LogP) is 3.25. The van der Waals surface area contributed by atoms with Crippen molar-refractivity contribution < 1.29 is 4.74 Å². The lowest BCUT2D eigenvalue weighted by Crippen LogP contribution is -2.12. The highest BCUT2D eigenvalue weighted by molar-refractivity contribution is 6.33. The summed E-state index contributed by atoms with van der Waals surface area (Å²) in [5, 5.41) is 0.770. The molecule has 0 saturated carbocycles. The minimum atomic E-state index is -0.0420. The molecule has 3 heteroatoms. The molecular weight excluding hydrogens is 222 g/mol. The number of methoxy groups -OCH3 is 1. The van der Waals surface area contributed by atoms with Gasteiger partial charge in [0.2, 0.25) is 0 Å². The van der Waals surface area contributed by atoms with Gasteiger partial charge in [-0.05, 0) is 43.7 Å². The van der Waals surface area contributed by atoms with Crippen LogP contribution in [0.4, 0.5) is 0 Å². The third-order valence-corrected chi connectivity index (χ3v) is 3.66. The van der Waals surface area contributed by atoms with Gasteiger partial charge in [0.25, 0.3) is 0 Å². The first-order chi connectivity index (χ1) is 7.65. The van der Waals surface area contributed by atoms with Crippen LogP contribution in [0, 0.1) is 0 Å². The Hall–Kier alpha value is -0.730. The molecule has 1 atom stereocenters. The lowest BCUT2D eigenvalue weighted by atomic mass is 9.88. The first-order valence-electron chi connectivity index (χ1n) is 5.79. The maximum atomic E-state index is 6.40. The van der Waals surface area contributed by atoms with Gasteiger partial charge in [-0.15, -0.1) is 0 Å². The summed E-state index contributed by atoms with van der Waals surface area (Å²) >= 11 is 6.40. The average molecular weight is 240 g/mol. The van der Waals surface area contributed by atoms with Gasteiger partial charge < -0.3 is 10.5 Å². The Morgan fingerprint density at radius 1 is 1.38 bits per heavy atom. The van der Waals surface area contributed by atoms with Crippen LogP contribution in [0.2, 0.25) is 5.02 Å². The molecule has 0 heterocycles. The molecule has 0 saturated heterocycles. The van der Waals surface area contributed by atoms with E-state index < -0.39 is 0 Å². The Labute approximate surface area is 102 Å². The number of rotatable bonds is 2. The quantitative estimate of drug-likeness (QED) is 0.860. The molecule has 0 spiro atoms. The molecule has 1 aromatic carbocycles. The second-order valence-corrected chi connectivity index (χ2v) is 4.82. The molecular formula is C13H18ClNO. The summed E-state index contributed by atoms with van der Waals surface area (Å²) in [7, 11) is 1.66. The summed E-state index contributed by atoms with van der Waals surface area (Å²) in [5.74, 6) is 0.761. The number of hydrogen-bond donors (Lipinski definition) is 1. The highest BCUT2D eigenvalue weighted by Gasteiger charge is 2.20. The van der Waals surface area contributed by atoms with E-state index in [1.165, 1.54) is 24.0 Å². The Morgan fingerprint density at radius 3 is 2.69 bits per heavy atom. The van der Waals surface area contributed by atoms with Crippen LogP contribution >= 0.6 is 11.6 Å². The van der Waals surface area contributed by atoms with E-state index in [-0.39, 0.29) is 6.04 Å². The summed E-state index contributed by atoms with van der Waals surface area (Å²) in [4.78, 5) is 0. The Balaban J connectivity index is 2.59. The van der Waals surface area contributed by atoms with Crippen molar-refractivity contribution in [2.24, 2.45) is 5.73 Å². The number of ether oxygens (including phenoxy) is 1. The molecule has 2 nitrogen and oxygen atoms in total. The number of nitrogens with two attached hydrogens (primary N) is 1. The number of hydrogen-bond acceptors (Lipinski definition) is 2. The largest absolute Gasteiger partial charge is 0.495 e. The molecule has 0 aromatic heterocycles. The van der Waals surface area contributed by atoms with E-state index in [9.17, 15) is 0 Å². The lowest BCUT2D eigenvalue weighted by molar-refractivity contribution is 0.406. The van der Waals surface area contributed by atoms with Crippen molar-refractivity contribution in [3.63, 3.8) is 0 Å². The van der Waals surface area contributed by atoms with Crippen LogP contribution in [0.1, 0.15) is 42.5 Å². The van der Waals surface area contributed by atoms with Crippen molar-refractivity contribution in [3.05, 3.63) is 27.8 Å². The van der Waals surface area contributed by atoms with Crippen molar-refractivity contribution in [1.29, 1.82) is 0 Å². The minimum absolute atomic E-state index is 0.0420. The third kappa shape index (κ3) is 1.92. The summed E-state index contributed by atoms with van der Waals surface area (Å²) < 4.78 is 5.39. The van der Waals surface area contributed by atoms with Crippen LogP contribution in [-0.4, -0.2) is 7.11 Å². The molecule has 1 aliphatic rings. The Bertz CT molecular complexity index is 401. The van der Waals surface area contributed by atoms with Gasteiger partial charge in [0.1, 0.15) is 5.75 Å². The van der Waals surface area contributed by atoms with Crippen molar-refractivity contribution in [2.75, 3.05) is 7.11 Å². The molecule has 0 fully saturated rings. The topological polar surface area (TPSA) is 35.2 Å². The smallest absolute Gasteiger partial charge is 0.142 e. The standard InChI is InChI=1S/C13H18ClNO/c1-8(15)11-7-9-5-3-4-6-10(9)12(14)13(11)16-2/h7-8H,3-6,15H2,1-2H3. The fraction of sp³-hybridized carbons (Fsp3) is 0.538. The molecule has 16 heavy (non-hydrogen) atoms. The zero-order valence-electron chi connectivity index (χ0n) is 9.85. The van der Waals surface area contributed by atoms with E-state index in [1.54, 1.807) is 7.11 Å². The van der Waals surface area contributed by atoms with Crippen molar-refractivity contribution in [1.82, 2.24) is 0 Å². The van der Waals surface area contributed by atoms with Crippen molar-refractivity contribution in [3.8, 4) is 5.75 Å². The van der Waals surface area contributed by atoms with Crippen molar-refractivity contribution >= 4 is 11.6 Å². The average Bonchev–Trinajstić information content (AvgIpc) is 2.29. The molecule has 2 N–H and O–H groups in total. The maximum absolute atomic E-state index is 6.40.